The lowest BCUT2D eigenvalue weighted by molar-refractivity contribution is -0.126. The largest absolute Gasteiger partial charge is 0.493 e. The van der Waals surface area contributed by atoms with Crippen LogP contribution in [0.5, 0.6) is 11.5 Å². The van der Waals surface area contributed by atoms with E-state index in [9.17, 15) is 9.59 Å². The maximum Gasteiger partial charge on any atom is 0.254 e. The quantitative estimate of drug-likeness (QED) is 0.738. The SMILES string of the molecule is C=CCNC(=O)C(C)N1CCN(C(=O)c2ccc(OC)c(OC)c2)CC1. The molecule has 1 N–H and O–H groups in total. The number of benzene rings is 1. The molecular formula is C19H27N3O4. The maximum absolute atomic E-state index is 12.7. The van der Waals surface area contributed by atoms with E-state index in [2.05, 4.69) is 16.8 Å². The number of nitrogens with one attached hydrogen (secondary N) is 1. The molecule has 0 aromatic heterocycles. The Hall–Kier alpha value is -2.54. The van der Waals surface area contributed by atoms with Crippen molar-refractivity contribution in [3.8, 4) is 11.5 Å². The molecule has 1 saturated heterocycles. The lowest BCUT2D eigenvalue weighted by atomic mass is 10.1. The average molecular weight is 361 g/mol. The Balaban J connectivity index is 1.96. The molecule has 0 radical (unpaired) electrons. The summed E-state index contributed by atoms with van der Waals surface area (Å²) >= 11 is 0. The second-order valence-corrected chi connectivity index (χ2v) is 6.11. The van der Waals surface area contributed by atoms with Crippen LogP contribution in [0.25, 0.3) is 0 Å². The van der Waals surface area contributed by atoms with E-state index in [4.69, 9.17) is 9.47 Å². The number of hydrogen-bond acceptors (Lipinski definition) is 5. The van der Waals surface area contributed by atoms with Gasteiger partial charge in [0.05, 0.1) is 20.3 Å². The third-order valence-corrected chi connectivity index (χ3v) is 4.58. The fraction of sp³-hybridized carbons (Fsp3) is 0.474. The fourth-order valence-corrected chi connectivity index (χ4v) is 2.95. The minimum Gasteiger partial charge on any atom is -0.493 e. The van der Waals surface area contributed by atoms with Crippen molar-refractivity contribution in [2.75, 3.05) is 46.9 Å². The molecule has 1 unspecified atom stereocenters. The number of piperazine rings is 1. The van der Waals surface area contributed by atoms with Gasteiger partial charge >= 0.3 is 0 Å². The van der Waals surface area contributed by atoms with Crippen molar-refractivity contribution in [2.45, 2.75) is 13.0 Å². The van der Waals surface area contributed by atoms with Gasteiger partial charge in [0.25, 0.3) is 5.91 Å². The van der Waals surface area contributed by atoms with Crippen LogP contribution < -0.4 is 14.8 Å². The Bertz CT molecular complexity index is 654. The van der Waals surface area contributed by atoms with Crippen molar-refractivity contribution < 1.29 is 19.1 Å². The lowest BCUT2D eigenvalue weighted by Gasteiger charge is -2.37. The van der Waals surface area contributed by atoms with Crippen molar-refractivity contribution in [3.05, 3.63) is 36.4 Å². The molecule has 0 spiro atoms. The van der Waals surface area contributed by atoms with Gasteiger partial charge in [-0.2, -0.15) is 0 Å². The highest BCUT2D eigenvalue weighted by Gasteiger charge is 2.28. The Morgan fingerprint density at radius 1 is 1.19 bits per heavy atom. The van der Waals surface area contributed by atoms with Crippen LogP contribution >= 0.6 is 0 Å². The minimum atomic E-state index is -0.228. The van der Waals surface area contributed by atoms with Gasteiger partial charge in [-0.15, -0.1) is 6.58 Å². The molecule has 1 aliphatic heterocycles. The van der Waals surface area contributed by atoms with Gasteiger partial charge in [-0.1, -0.05) is 6.08 Å². The van der Waals surface area contributed by atoms with Crippen molar-refractivity contribution in [3.63, 3.8) is 0 Å². The Labute approximate surface area is 154 Å². The first-order chi connectivity index (χ1) is 12.5. The number of ether oxygens (including phenoxy) is 2. The zero-order chi connectivity index (χ0) is 19.1. The summed E-state index contributed by atoms with van der Waals surface area (Å²) in [6.45, 7) is 8.40. The number of carbonyl (C=O) groups excluding carboxylic acids is 2. The van der Waals surface area contributed by atoms with Crippen LogP contribution in [0.3, 0.4) is 0 Å². The monoisotopic (exact) mass is 361 g/mol. The number of hydrogen-bond donors (Lipinski definition) is 1. The molecule has 7 nitrogen and oxygen atoms in total. The molecule has 1 aromatic carbocycles. The van der Waals surface area contributed by atoms with E-state index in [0.29, 0.717) is 49.8 Å². The van der Waals surface area contributed by atoms with E-state index in [0.717, 1.165) is 0 Å². The van der Waals surface area contributed by atoms with Gasteiger partial charge in [0, 0.05) is 38.3 Å². The smallest absolute Gasteiger partial charge is 0.254 e. The van der Waals surface area contributed by atoms with Gasteiger partial charge in [-0.05, 0) is 25.1 Å². The molecule has 0 saturated carbocycles. The predicted octanol–water partition coefficient (Wildman–Crippen LogP) is 1.15. The summed E-state index contributed by atoms with van der Waals surface area (Å²) < 4.78 is 10.5. The van der Waals surface area contributed by atoms with Crippen molar-refractivity contribution >= 4 is 11.8 Å². The van der Waals surface area contributed by atoms with Gasteiger partial charge in [0.2, 0.25) is 5.91 Å². The van der Waals surface area contributed by atoms with Crippen molar-refractivity contribution in [2.24, 2.45) is 0 Å². The molecule has 1 aliphatic rings. The molecular weight excluding hydrogens is 334 g/mol. The first kappa shape index (κ1) is 19.8. The Morgan fingerprint density at radius 2 is 1.85 bits per heavy atom. The topological polar surface area (TPSA) is 71.1 Å². The lowest BCUT2D eigenvalue weighted by Crippen LogP contribution is -2.55. The van der Waals surface area contributed by atoms with Gasteiger partial charge in [-0.3, -0.25) is 14.5 Å². The zero-order valence-electron chi connectivity index (χ0n) is 15.7. The van der Waals surface area contributed by atoms with Crippen LogP contribution in [0, 0.1) is 0 Å². The van der Waals surface area contributed by atoms with Crippen molar-refractivity contribution in [1.29, 1.82) is 0 Å². The Kier molecular flexibility index (Phi) is 7.03. The molecule has 7 heteroatoms. The molecule has 2 amide bonds. The predicted molar refractivity (Wildman–Crippen MR) is 99.7 cm³/mol. The Morgan fingerprint density at radius 3 is 2.42 bits per heavy atom. The molecule has 1 atom stereocenters. The van der Waals surface area contributed by atoms with Gasteiger partial charge in [0.15, 0.2) is 11.5 Å². The summed E-state index contributed by atoms with van der Waals surface area (Å²) in [5.74, 6) is 1.05. The molecule has 0 bridgehead atoms. The van der Waals surface area contributed by atoms with Crippen LogP contribution in [0.15, 0.2) is 30.9 Å². The van der Waals surface area contributed by atoms with E-state index in [-0.39, 0.29) is 17.9 Å². The number of amides is 2. The van der Waals surface area contributed by atoms with E-state index in [1.54, 1.807) is 43.4 Å². The van der Waals surface area contributed by atoms with E-state index in [1.165, 1.54) is 0 Å². The summed E-state index contributed by atoms with van der Waals surface area (Å²) in [6, 6.07) is 4.93. The van der Waals surface area contributed by atoms with Crippen LogP contribution in [0.2, 0.25) is 0 Å². The highest BCUT2D eigenvalue weighted by atomic mass is 16.5. The highest BCUT2D eigenvalue weighted by molar-refractivity contribution is 5.95. The van der Waals surface area contributed by atoms with Crippen molar-refractivity contribution in [1.82, 2.24) is 15.1 Å². The van der Waals surface area contributed by atoms with Crippen LogP contribution in [-0.2, 0) is 4.79 Å². The third-order valence-electron chi connectivity index (χ3n) is 4.58. The number of nitrogens with zero attached hydrogens (tertiary/aromatic N) is 2. The summed E-state index contributed by atoms with van der Waals surface area (Å²) in [6.07, 6.45) is 1.66. The summed E-state index contributed by atoms with van der Waals surface area (Å²) in [4.78, 5) is 28.7. The summed E-state index contributed by atoms with van der Waals surface area (Å²) in [7, 11) is 3.11. The fourth-order valence-electron chi connectivity index (χ4n) is 2.95. The number of methoxy groups -OCH3 is 2. The van der Waals surface area contributed by atoms with Crippen LogP contribution in [0.4, 0.5) is 0 Å². The molecule has 2 rings (SSSR count). The zero-order valence-corrected chi connectivity index (χ0v) is 15.7. The molecule has 1 fully saturated rings. The third kappa shape index (κ3) is 4.54. The number of carbonyl (C=O) groups is 2. The van der Waals surface area contributed by atoms with Gasteiger partial charge < -0.3 is 19.7 Å². The average Bonchev–Trinajstić information content (AvgIpc) is 2.70. The van der Waals surface area contributed by atoms with Crippen LogP contribution in [0.1, 0.15) is 17.3 Å². The minimum absolute atomic E-state index is 0.0235. The number of rotatable bonds is 7. The molecule has 1 heterocycles. The molecule has 0 aliphatic carbocycles. The van der Waals surface area contributed by atoms with E-state index < -0.39 is 0 Å². The van der Waals surface area contributed by atoms with E-state index >= 15 is 0 Å². The maximum atomic E-state index is 12.7. The standard InChI is InChI=1S/C19H27N3O4/c1-5-8-20-18(23)14(2)21-9-11-22(12-10-21)19(24)15-6-7-16(25-3)17(13-15)26-4/h5-7,13-14H,1,8-12H2,2-4H3,(H,20,23). The van der Waals surface area contributed by atoms with Crippen LogP contribution in [-0.4, -0.2) is 74.6 Å². The first-order valence-electron chi connectivity index (χ1n) is 8.65. The first-order valence-corrected chi connectivity index (χ1v) is 8.65. The van der Waals surface area contributed by atoms with Gasteiger partial charge in [0.1, 0.15) is 0 Å². The summed E-state index contributed by atoms with van der Waals surface area (Å²) in [5.41, 5.74) is 0.563. The highest BCUT2D eigenvalue weighted by Crippen LogP contribution is 2.28. The summed E-state index contributed by atoms with van der Waals surface area (Å²) in [5, 5.41) is 2.81. The normalized spacial score (nSPS) is 15.9. The molecule has 26 heavy (non-hydrogen) atoms. The second kappa shape index (κ2) is 9.24. The van der Waals surface area contributed by atoms with Gasteiger partial charge in [-0.25, -0.2) is 0 Å². The molecule has 142 valence electrons. The van der Waals surface area contributed by atoms with E-state index in [1.807, 2.05) is 6.92 Å². The second-order valence-electron chi connectivity index (χ2n) is 6.11. The molecule has 1 aromatic rings.